The number of piperidine rings is 1. The predicted octanol–water partition coefficient (Wildman–Crippen LogP) is 2.94. The first-order valence-electron chi connectivity index (χ1n) is 11.3. The van der Waals surface area contributed by atoms with Crippen LogP contribution in [0.15, 0.2) is 30.9 Å². The number of nitrogens with one attached hydrogen (secondary N) is 1. The lowest BCUT2D eigenvalue weighted by atomic mass is 10.1. The monoisotopic (exact) mass is 514 g/mol. The highest BCUT2D eigenvalue weighted by molar-refractivity contribution is 7.21. The van der Waals surface area contributed by atoms with E-state index in [1.807, 2.05) is 13.1 Å². The number of carbonyl (C=O) groups excluding carboxylic acids is 2. The lowest BCUT2D eigenvalue weighted by molar-refractivity contribution is -0.120. The molecule has 0 aromatic carbocycles. The van der Waals surface area contributed by atoms with Gasteiger partial charge in [-0.3, -0.25) is 24.2 Å². The SMILES string of the molecule is Cc1ncc(NC(=O)CN2CCCC(F)(F)C2)cc1-c1c(-c2cnn(C)c2)sc2c(C(N)=O)cnn12. The number of hydrogen-bond donors (Lipinski definition) is 2. The number of carbonyl (C=O) groups is 2. The number of thiazole rings is 1. The summed E-state index contributed by atoms with van der Waals surface area (Å²) in [5, 5.41) is 11.4. The number of aromatic nitrogens is 5. The molecule has 3 N–H and O–H groups in total. The van der Waals surface area contributed by atoms with Crippen molar-refractivity contribution in [3.05, 3.63) is 42.1 Å². The van der Waals surface area contributed by atoms with Gasteiger partial charge in [0.2, 0.25) is 5.91 Å². The Bertz CT molecular complexity index is 1470. The third kappa shape index (κ3) is 4.58. The van der Waals surface area contributed by atoms with Crippen molar-refractivity contribution in [3.63, 3.8) is 0 Å². The van der Waals surface area contributed by atoms with Crippen molar-refractivity contribution in [1.82, 2.24) is 29.3 Å². The lowest BCUT2D eigenvalue weighted by Crippen LogP contribution is -2.45. The van der Waals surface area contributed by atoms with Gasteiger partial charge in [0.15, 0.2) is 0 Å². The van der Waals surface area contributed by atoms with Crippen LogP contribution in [0.1, 0.15) is 28.9 Å². The molecular formula is C23H24F2N8O2S. The van der Waals surface area contributed by atoms with Crippen molar-refractivity contribution in [2.24, 2.45) is 12.8 Å². The fourth-order valence-corrected chi connectivity index (χ4v) is 5.60. The highest BCUT2D eigenvalue weighted by Crippen LogP contribution is 2.41. The maximum Gasteiger partial charge on any atom is 0.260 e. The molecular weight excluding hydrogens is 490 g/mol. The van der Waals surface area contributed by atoms with E-state index >= 15 is 0 Å². The van der Waals surface area contributed by atoms with Crippen LogP contribution in [0.4, 0.5) is 14.5 Å². The summed E-state index contributed by atoms with van der Waals surface area (Å²) in [7, 11) is 1.80. The number of nitrogens with zero attached hydrogens (tertiary/aromatic N) is 6. The van der Waals surface area contributed by atoms with E-state index < -0.39 is 24.3 Å². The molecule has 4 aromatic rings. The smallest absolute Gasteiger partial charge is 0.260 e. The number of likely N-dealkylation sites (tertiary alicyclic amines) is 1. The third-order valence-electron chi connectivity index (χ3n) is 6.05. The van der Waals surface area contributed by atoms with Crippen molar-refractivity contribution in [2.45, 2.75) is 25.7 Å². The number of anilines is 1. The Balaban J connectivity index is 1.51. The van der Waals surface area contributed by atoms with Gasteiger partial charge in [0.1, 0.15) is 4.83 Å². The zero-order valence-electron chi connectivity index (χ0n) is 19.7. The highest BCUT2D eigenvalue weighted by atomic mass is 32.1. The van der Waals surface area contributed by atoms with Gasteiger partial charge < -0.3 is 11.1 Å². The standard InChI is InChI=1S/C23H24F2N8O2S/c1-13-16(6-15(8-27-13)30-18(34)11-32-5-3-4-23(24,25)12-32)19-20(14-7-28-31(2)10-14)36-22-17(21(26)35)9-29-33(19)22/h6-10H,3-5,11-12H2,1-2H3,(H2,26,35)(H,30,34). The summed E-state index contributed by atoms with van der Waals surface area (Å²) in [5.74, 6) is -3.77. The molecule has 5 rings (SSSR count). The van der Waals surface area contributed by atoms with Crippen LogP contribution in [0.2, 0.25) is 0 Å². The fourth-order valence-electron chi connectivity index (χ4n) is 4.40. The number of hydrogen-bond acceptors (Lipinski definition) is 7. The van der Waals surface area contributed by atoms with Crippen molar-refractivity contribution >= 4 is 33.7 Å². The Morgan fingerprint density at radius 3 is 2.75 bits per heavy atom. The summed E-state index contributed by atoms with van der Waals surface area (Å²) in [6.45, 7) is 1.71. The number of fused-ring (bicyclic) bond motifs is 1. The second-order valence-corrected chi connectivity index (χ2v) is 9.90. The number of pyridine rings is 1. The van der Waals surface area contributed by atoms with Gasteiger partial charge in [0, 0.05) is 36.5 Å². The first-order chi connectivity index (χ1) is 17.1. The van der Waals surface area contributed by atoms with E-state index in [0.29, 0.717) is 46.0 Å². The number of rotatable bonds is 6. The summed E-state index contributed by atoms with van der Waals surface area (Å²) >= 11 is 1.35. The van der Waals surface area contributed by atoms with Gasteiger partial charge in [-0.15, -0.1) is 11.3 Å². The van der Waals surface area contributed by atoms with Crippen molar-refractivity contribution in [1.29, 1.82) is 0 Å². The van der Waals surface area contributed by atoms with Crippen LogP contribution in [0.25, 0.3) is 26.5 Å². The predicted molar refractivity (Wildman–Crippen MR) is 131 cm³/mol. The number of amides is 2. The van der Waals surface area contributed by atoms with Crippen molar-refractivity contribution < 1.29 is 18.4 Å². The second kappa shape index (κ2) is 9.06. The lowest BCUT2D eigenvalue weighted by Gasteiger charge is -2.31. The number of primary amides is 1. The first-order valence-corrected chi connectivity index (χ1v) is 12.1. The van der Waals surface area contributed by atoms with Gasteiger partial charge in [-0.2, -0.15) is 10.2 Å². The van der Waals surface area contributed by atoms with E-state index in [4.69, 9.17) is 5.73 Å². The third-order valence-corrected chi connectivity index (χ3v) is 7.27. The Labute approximate surface area is 208 Å². The van der Waals surface area contributed by atoms with Crippen molar-refractivity contribution in [2.75, 3.05) is 25.0 Å². The number of halogens is 2. The summed E-state index contributed by atoms with van der Waals surface area (Å²) < 4.78 is 30.7. The van der Waals surface area contributed by atoms with Crippen LogP contribution in [0, 0.1) is 6.92 Å². The van der Waals surface area contributed by atoms with Crippen LogP contribution >= 0.6 is 11.3 Å². The average Bonchev–Trinajstić information content (AvgIpc) is 3.49. The van der Waals surface area contributed by atoms with E-state index in [2.05, 4.69) is 20.5 Å². The topological polar surface area (TPSA) is 123 Å². The van der Waals surface area contributed by atoms with E-state index in [1.54, 1.807) is 28.5 Å². The van der Waals surface area contributed by atoms with E-state index in [0.717, 1.165) is 10.4 Å². The molecule has 0 bridgehead atoms. The molecule has 5 heterocycles. The van der Waals surface area contributed by atoms with Crippen molar-refractivity contribution in [3.8, 4) is 21.7 Å². The minimum absolute atomic E-state index is 0.135. The molecule has 4 aromatic heterocycles. The van der Waals surface area contributed by atoms with Gasteiger partial charge in [0.25, 0.3) is 11.8 Å². The van der Waals surface area contributed by atoms with Crippen LogP contribution < -0.4 is 11.1 Å². The number of aryl methyl sites for hydroxylation is 2. The molecule has 1 saturated heterocycles. The number of nitrogens with two attached hydrogens (primary N) is 1. The van der Waals surface area contributed by atoms with Crippen LogP contribution in [0.3, 0.4) is 0 Å². The summed E-state index contributed by atoms with van der Waals surface area (Å²) in [6, 6.07) is 1.76. The fraction of sp³-hybridized carbons (Fsp3) is 0.348. The molecule has 13 heteroatoms. The van der Waals surface area contributed by atoms with Gasteiger partial charge in [-0.05, 0) is 26.0 Å². The van der Waals surface area contributed by atoms with E-state index in [9.17, 15) is 18.4 Å². The van der Waals surface area contributed by atoms with Crippen LogP contribution in [-0.4, -0.2) is 66.6 Å². The Kier molecular flexibility index (Phi) is 6.04. The normalized spacial score (nSPS) is 15.9. The average molecular weight is 515 g/mol. The Morgan fingerprint density at radius 2 is 2.06 bits per heavy atom. The van der Waals surface area contributed by atoms with Gasteiger partial charge in [-0.25, -0.2) is 13.3 Å². The maximum atomic E-state index is 13.7. The minimum Gasteiger partial charge on any atom is -0.365 e. The van der Waals surface area contributed by atoms with Gasteiger partial charge >= 0.3 is 0 Å². The molecule has 0 radical (unpaired) electrons. The zero-order valence-corrected chi connectivity index (χ0v) is 20.5. The largest absolute Gasteiger partial charge is 0.365 e. The van der Waals surface area contributed by atoms with E-state index in [-0.39, 0.29) is 13.0 Å². The maximum absolute atomic E-state index is 13.7. The molecule has 2 amide bonds. The molecule has 0 aliphatic carbocycles. The molecule has 188 valence electrons. The quantitative estimate of drug-likeness (QED) is 0.408. The number of alkyl halides is 2. The van der Waals surface area contributed by atoms with Crippen LogP contribution in [-0.2, 0) is 11.8 Å². The summed E-state index contributed by atoms with van der Waals surface area (Å²) in [6.07, 6.45) is 6.69. The van der Waals surface area contributed by atoms with Gasteiger partial charge in [0.05, 0.1) is 53.5 Å². The molecule has 1 aliphatic heterocycles. The Morgan fingerprint density at radius 1 is 1.25 bits per heavy atom. The Hall–Kier alpha value is -3.71. The van der Waals surface area contributed by atoms with E-state index in [1.165, 1.54) is 28.6 Å². The minimum atomic E-state index is -2.78. The molecule has 1 aliphatic rings. The molecule has 10 nitrogen and oxygen atoms in total. The van der Waals surface area contributed by atoms with Gasteiger partial charge in [-0.1, -0.05) is 0 Å². The molecule has 1 fully saturated rings. The molecule has 0 spiro atoms. The molecule has 36 heavy (non-hydrogen) atoms. The summed E-state index contributed by atoms with van der Waals surface area (Å²) in [4.78, 5) is 31.9. The zero-order chi connectivity index (χ0) is 25.6. The molecule has 0 unspecified atom stereocenters. The first kappa shape index (κ1) is 24.0. The molecule has 0 saturated carbocycles. The molecule has 0 atom stereocenters. The summed E-state index contributed by atoms with van der Waals surface area (Å²) in [5.41, 5.74) is 9.11. The van der Waals surface area contributed by atoms with Crippen LogP contribution in [0.5, 0.6) is 0 Å². The second-order valence-electron chi connectivity index (χ2n) is 8.90. The highest BCUT2D eigenvalue weighted by Gasteiger charge is 2.35.